The Morgan fingerprint density at radius 3 is 2.53 bits per heavy atom. The van der Waals surface area contributed by atoms with E-state index < -0.39 is 0 Å². The molecule has 236 valence electrons. The van der Waals surface area contributed by atoms with Gasteiger partial charge in [0.25, 0.3) is 0 Å². The van der Waals surface area contributed by atoms with Gasteiger partial charge in [0, 0.05) is 90.7 Å². The number of hydrogen-bond donors (Lipinski definition) is 1. The molecule has 0 amide bonds. The van der Waals surface area contributed by atoms with Gasteiger partial charge in [-0.3, -0.25) is 9.58 Å². The minimum Gasteiger partial charge on any atom is -0.385 e. The number of nitrogens with one attached hydrogen (secondary N) is 1. The highest BCUT2D eigenvalue weighted by Gasteiger charge is 2.36. The van der Waals surface area contributed by atoms with E-state index in [1.54, 1.807) is 0 Å². The first-order valence-electron chi connectivity index (χ1n) is 16.4. The van der Waals surface area contributed by atoms with Crippen LogP contribution in [0.5, 0.6) is 0 Å². The molecule has 8 bridgehead atoms. The van der Waals surface area contributed by atoms with E-state index >= 15 is 0 Å². The average molecular weight is 641 g/mol. The number of aryl methyl sites for hydroxylation is 5. The highest BCUT2D eigenvalue weighted by atomic mass is 35.5. The highest BCUT2D eigenvalue weighted by Crippen LogP contribution is 2.45. The van der Waals surface area contributed by atoms with Gasteiger partial charge in [0.1, 0.15) is 0 Å². The maximum atomic E-state index is 7.10. The second kappa shape index (κ2) is 12.2. The van der Waals surface area contributed by atoms with Gasteiger partial charge in [0.05, 0.1) is 22.3 Å². The van der Waals surface area contributed by atoms with Crippen LogP contribution in [0.3, 0.4) is 0 Å². The van der Waals surface area contributed by atoms with Gasteiger partial charge >= 0.3 is 0 Å². The molecule has 0 fully saturated rings. The standard InChI is InChI=1S/C37H45ClN6S/c1-7-32-29-13-9-8-11-24-17-28(18-25-12-10-16-39-36(24)25)45-22-27-19-26(40-44(27)6)20-41(3)21-33-34(23(2)42(33)4)35-31(38)15-14-30(29)37(35)43(32)5/h7,14-15,17-19,23,39H,1,8-13,16,20-22H2,2-6H3. The molecule has 8 heteroatoms. The van der Waals surface area contributed by atoms with Crippen LogP contribution in [0, 0.1) is 0 Å². The third-order valence-electron chi connectivity index (χ3n) is 10.2. The van der Waals surface area contributed by atoms with Crippen molar-refractivity contribution in [1.82, 2.24) is 24.1 Å². The SMILES string of the molecule is C=Cc1c2c3ccc(Cl)c(c3n1C)C1=C(CN(C)Cc3cc(n(C)n3)CSc3cc(c4c(c3)CCCN4)CCCC2)N(C)C1C. The molecule has 0 radical (unpaired) electrons. The van der Waals surface area contributed by atoms with Gasteiger partial charge in [-0.2, -0.15) is 5.10 Å². The Labute approximate surface area is 277 Å². The molecule has 5 heterocycles. The Hall–Kier alpha value is -3.13. The average Bonchev–Trinajstić information content (AvgIpc) is 3.52. The number of fused-ring (bicyclic) bond motifs is 7. The van der Waals surface area contributed by atoms with E-state index in [9.17, 15) is 0 Å². The maximum absolute atomic E-state index is 7.10. The summed E-state index contributed by atoms with van der Waals surface area (Å²) in [5.74, 6) is 0.914. The molecule has 1 atom stereocenters. The van der Waals surface area contributed by atoms with Crippen LogP contribution in [0.25, 0.3) is 22.6 Å². The van der Waals surface area contributed by atoms with E-state index in [0.717, 1.165) is 68.2 Å². The summed E-state index contributed by atoms with van der Waals surface area (Å²) in [6.45, 7) is 9.23. The molecule has 0 aliphatic carbocycles. The fourth-order valence-electron chi connectivity index (χ4n) is 7.82. The van der Waals surface area contributed by atoms with Gasteiger partial charge in [-0.1, -0.05) is 24.2 Å². The summed E-state index contributed by atoms with van der Waals surface area (Å²) in [7, 11) is 8.66. The maximum Gasteiger partial charge on any atom is 0.0767 e. The Morgan fingerprint density at radius 1 is 1.00 bits per heavy atom. The predicted molar refractivity (Wildman–Crippen MR) is 191 cm³/mol. The Balaban J connectivity index is 1.33. The zero-order chi connectivity index (χ0) is 31.4. The third kappa shape index (κ3) is 5.41. The number of likely N-dealkylation sites (N-methyl/N-ethyl adjacent to an activating group) is 2. The molecule has 1 unspecified atom stereocenters. The molecule has 1 N–H and O–H groups in total. The van der Waals surface area contributed by atoms with Crippen LogP contribution in [0.1, 0.15) is 65.5 Å². The van der Waals surface area contributed by atoms with Crippen LogP contribution in [0.2, 0.25) is 5.02 Å². The minimum atomic E-state index is 0.289. The lowest BCUT2D eigenvalue weighted by molar-refractivity contribution is 0.260. The number of benzene rings is 2. The quantitative estimate of drug-likeness (QED) is 0.229. The van der Waals surface area contributed by atoms with Gasteiger partial charge in [0.15, 0.2) is 0 Å². The van der Waals surface area contributed by atoms with E-state index in [1.165, 1.54) is 72.8 Å². The first-order valence-corrected chi connectivity index (χ1v) is 17.7. The van der Waals surface area contributed by atoms with Crippen molar-refractivity contribution in [3.63, 3.8) is 0 Å². The van der Waals surface area contributed by atoms with E-state index in [1.807, 2.05) is 17.8 Å². The van der Waals surface area contributed by atoms with Gasteiger partial charge in [-0.15, -0.1) is 11.8 Å². The van der Waals surface area contributed by atoms with Crippen molar-refractivity contribution in [2.45, 2.75) is 68.7 Å². The van der Waals surface area contributed by atoms with Crippen molar-refractivity contribution in [2.24, 2.45) is 14.1 Å². The normalized spacial score (nSPS) is 19.5. The van der Waals surface area contributed by atoms with Gasteiger partial charge in [0.2, 0.25) is 0 Å². The largest absolute Gasteiger partial charge is 0.385 e. The van der Waals surface area contributed by atoms with Gasteiger partial charge in [-0.25, -0.2) is 0 Å². The van der Waals surface area contributed by atoms with Gasteiger partial charge < -0.3 is 14.8 Å². The van der Waals surface area contributed by atoms with Crippen LogP contribution in [0.4, 0.5) is 5.69 Å². The van der Waals surface area contributed by atoms with Crippen LogP contribution >= 0.6 is 23.4 Å². The molecule has 0 saturated carbocycles. The fourth-order valence-corrected chi connectivity index (χ4v) is 9.11. The number of anilines is 1. The molecular formula is C37H45ClN6S. The lowest BCUT2D eigenvalue weighted by atomic mass is 9.87. The zero-order valence-corrected chi connectivity index (χ0v) is 28.9. The Morgan fingerprint density at radius 2 is 1.76 bits per heavy atom. The summed E-state index contributed by atoms with van der Waals surface area (Å²) in [6, 6.07) is 11.8. The lowest BCUT2D eigenvalue weighted by Gasteiger charge is -2.45. The number of aromatic nitrogens is 3. The number of hydrogen-bond acceptors (Lipinski definition) is 5. The Kier molecular flexibility index (Phi) is 8.30. The molecule has 3 aliphatic heterocycles. The fraction of sp³-hybridized carbons (Fsp3) is 0.432. The topological polar surface area (TPSA) is 41.3 Å². The van der Waals surface area contributed by atoms with Crippen LogP contribution in [-0.2, 0) is 45.7 Å². The third-order valence-corrected chi connectivity index (χ3v) is 11.6. The zero-order valence-electron chi connectivity index (χ0n) is 27.3. The monoisotopic (exact) mass is 640 g/mol. The number of nitrogens with zero attached hydrogens (tertiary/aromatic N) is 5. The van der Waals surface area contributed by atoms with Crippen LogP contribution in [0.15, 0.2) is 47.5 Å². The number of halogens is 1. The Bertz CT molecular complexity index is 1830. The van der Waals surface area contributed by atoms with Crippen LogP contribution < -0.4 is 5.32 Å². The first kappa shape index (κ1) is 30.5. The van der Waals surface area contributed by atoms with Crippen molar-refractivity contribution in [2.75, 3.05) is 32.5 Å². The summed E-state index contributed by atoms with van der Waals surface area (Å²) < 4.78 is 4.40. The molecule has 2 aromatic heterocycles. The van der Waals surface area contributed by atoms with Crippen molar-refractivity contribution in [3.8, 4) is 0 Å². The van der Waals surface area contributed by atoms with Gasteiger partial charge in [-0.05, 0) is 99.5 Å². The molecule has 4 aromatic rings. The van der Waals surface area contributed by atoms with Crippen molar-refractivity contribution in [1.29, 1.82) is 0 Å². The molecule has 6 nitrogen and oxygen atoms in total. The second-order valence-electron chi connectivity index (χ2n) is 13.2. The molecule has 3 aliphatic rings. The van der Waals surface area contributed by atoms with E-state index in [4.69, 9.17) is 16.7 Å². The lowest BCUT2D eigenvalue weighted by Crippen LogP contribution is -2.44. The molecule has 0 spiro atoms. The summed E-state index contributed by atoms with van der Waals surface area (Å²) >= 11 is 9.04. The summed E-state index contributed by atoms with van der Waals surface area (Å²) in [5, 5.41) is 10.8. The smallest absolute Gasteiger partial charge is 0.0767 e. The highest BCUT2D eigenvalue weighted by molar-refractivity contribution is 7.98. The second-order valence-corrected chi connectivity index (χ2v) is 14.6. The van der Waals surface area contributed by atoms with Crippen LogP contribution in [-0.4, -0.2) is 57.4 Å². The summed E-state index contributed by atoms with van der Waals surface area (Å²) in [4.78, 5) is 6.15. The predicted octanol–water partition coefficient (Wildman–Crippen LogP) is 7.91. The summed E-state index contributed by atoms with van der Waals surface area (Å²) in [5.41, 5.74) is 14.4. The van der Waals surface area contributed by atoms with Crippen molar-refractivity contribution in [3.05, 3.63) is 87.0 Å². The summed E-state index contributed by atoms with van der Waals surface area (Å²) in [6.07, 6.45) is 8.76. The number of thioether (sulfide) groups is 1. The first-order chi connectivity index (χ1) is 21.7. The molecular weight excluding hydrogens is 596 g/mol. The molecule has 2 aromatic carbocycles. The molecule has 7 rings (SSSR count). The van der Waals surface area contributed by atoms with Crippen molar-refractivity contribution >= 4 is 51.6 Å². The van der Waals surface area contributed by atoms with E-state index in [2.05, 4.69) is 96.4 Å². The molecule has 45 heavy (non-hydrogen) atoms. The van der Waals surface area contributed by atoms with E-state index in [0.29, 0.717) is 0 Å². The van der Waals surface area contributed by atoms with E-state index in [-0.39, 0.29) is 6.04 Å². The van der Waals surface area contributed by atoms with Crippen molar-refractivity contribution < 1.29 is 0 Å². The number of rotatable bonds is 1. The minimum absolute atomic E-state index is 0.289. The molecule has 0 saturated heterocycles.